The fourth-order valence-electron chi connectivity index (χ4n) is 2.29. The Morgan fingerprint density at radius 2 is 2.29 bits per heavy atom. The van der Waals surface area contributed by atoms with Gasteiger partial charge >= 0.3 is 0 Å². The van der Waals surface area contributed by atoms with Crippen molar-refractivity contribution in [2.75, 3.05) is 20.2 Å². The van der Waals surface area contributed by atoms with Gasteiger partial charge in [0.15, 0.2) is 0 Å². The van der Waals surface area contributed by atoms with E-state index in [1.807, 2.05) is 13.0 Å². The number of nitrogens with one attached hydrogen (secondary N) is 1. The zero-order chi connectivity index (χ0) is 15.4. The zero-order valence-electron chi connectivity index (χ0n) is 12.1. The Morgan fingerprint density at radius 3 is 2.90 bits per heavy atom. The number of carbonyl (C=O) groups excluding carboxylic acids is 2. The van der Waals surface area contributed by atoms with Crippen LogP contribution in [0.25, 0.3) is 0 Å². The number of aryl methyl sites for hydroxylation is 1. The van der Waals surface area contributed by atoms with Gasteiger partial charge in [-0.15, -0.1) is 0 Å². The summed E-state index contributed by atoms with van der Waals surface area (Å²) < 4.78 is 0. The van der Waals surface area contributed by atoms with E-state index in [1.54, 1.807) is 24.1 Å². The van der Waals surface area contributed by atoms with Gasteiger partial charge in [-0.05, 0) is 31.0 Å². The molecule has 2 rings (SSSR count). The van der Waals surface area contributed by atoms with Crippen LogP contribution in [0, 0.1) is 18.8 Å². The van der Waals surface area contributed by atoms with Crippen LogP contribution in [-0.2, 0) is 4.79 Å². The molecule has 0 radical (unpaired) electrons. The molecule has 1 unspecified atom stereocenters. The van der Waals surface area contributed by atoms with Crippen molar-refractivity contribution in [2.45, 2.75) is 19.4 Å². The standard InChI is InChI=1S/C16H18N2O3/c1-11-5-6-13(12(10-11)4-3-9-19)15(20)17-14-7-8-18(2)16(14)21/h5-6,10,14,19H,7-9H2,1-2H3,(H,17,20). The zero-order valence-corrected chi connectivity index (χ0v) is 12.1. The van der Waals surface area contributed by atoms with E-state index in [1.165, 1.54) is 0 Å². The van der Waals surface area contributed by atoms with Crippen LogP contribution >= 0.6 is 0 Å². The van der Waals surface area contributed by atoms with Crippen LogP contribution < -0.4 is 5.32 Å². The molecule has 0 spiro atoms. The second kappa shape index (κ2) is 6.42. The predicted molar refractivity (Wildman–Crippen MR) is 78.7 cm³/mol. The van der Waals surface area contributed by atoms with Crippen LogP contribution in [-0.4, -0.2) is 48.1 Å². The molecular weight excluding hydrogens is 268 g/mol. The Bertz CT molecular complexity index is 628. The first-order valence-corrected chi connectivity index (χ1v) is 6.79. The average Bonchev–Trinajstić information content (AvgIpc) is 2.77. The summed E-state index contributed by atoms with van der Waals surface area (Å²) in [5.74, 6) is 4.94. The second-order valence-electron chi connectivity index (χ2n) is 5.08. The van der Waals surface area contributed by atoms with Gasteiger partial charge in [0.1, 0.15) is 12.6 Å². The van der Waals surface area contributed by atoms with Gasteiger partial charge in [0, 0.05) is 19.2 Å². The highest BCUT2D eigenvalue weighted by atomic mass is 16.2. The largest absolute Gasteiger partial charge is 0.384 e. The van der Waals surface area contributed by atoms with E-state index in [2.05, 4.69) is 17.2 Å². The molecule has 5 nitrogen and oxygen atoms in total. The molecule has 0 aliphatic carbocycles. The number of aliphatic hydroxyl groups excluding tert-OH is 1. The SMILES string of the molecule is Cc1ccc(C(=O)NC2CCN(C)C2=O)c(C#CCO)c1. The molecule has 1 heterocycles. The quantitative estimate of drug-likeness (QED) is 0.768. The highest BCUT2D eigenvalue weighted by molar-refractivity contribution is 5.99. The molecule has 1 aromatic carbocycles. The molecule has 5 heteroatoms. The van der Waals surface area contributed by atoms with E-state index >= 15 is 0 Å². The van der Waals surface area contributed by atoms with Crippen molar-refractivity contribution in [3.8, 4) is 11.8 Å². The lowest BCUT2D eigenvalue weighted by atomic mass is 10.0. The number of rotatable bonds is 2. The van der Waals surface area contributed by atoms with Gasteiger partial charge < -0.3 is 15.3 Å². The predicted octanol–water partition coefficient (Wildman–Crippen LogP) is 0.299. The summed E-state index contributed by atoms with van der Waals surface area (Å²) in [6.45, 7) is 2.29. The number of nitrogens with zero attached hydrogens (tertiary/aromatic N) is 1. The molecule has 2 amide bonds. The van der Waals surface area contributed by atoms with E-state index in [0.717, 1.165) is 5.56 Å². The third-order valence-corrected chi connectivity index (χ3v) is 3.45. The number of amides is 2. The highest BCUT2D eigenvalue weighted by Crippen LogP contribution is 2.13. The van der Waals surface area contributed by atoms with Gasteiger partial charge in [0.2, 0.25) is 5.91 Å². The van der Waals surface area contributed by atoms with Gasteiger partial charge in [-0.1, -0.05) is 17.9 Å². The van der Waals surface area contributed by atoms with Crippen molar-refractivity contribution in [1.29, 1.82) is 0 Å². The van der Waals surface area contributed by atoms with Crippen LogP contribution in [0.4, 0.5) is 0 Å². The first-order chi connectivity index (χ1) is 10.0. The van der Waals surface area contributed by atoms with Crippen LogP contribution in [0.5, 0.6) is 0 Å². The summed E-state index contributed by atoms with van der Waals surface area (Å²) in [4.78, 5) is 25.8. The summed E-state index contributed by atoms with van der Waals surface area (Å²) in [5.41, 5.74) is 1.95. The first-order valence-electron chi connectivity index (χ1n) is 6.79. The monoisotopic (exact) mass is 286 g/mol. The summed E-state index contributed by atoms with van der Waals surface area (Å²) >= 11 is 0. The fourth-order valence-corrected chi connectivity index (χ4v) is 2.29. The van der Waals surface area contributed by atoms with Gasteiger partial charge in [0.25, 0.3) is 5.91 Å². The van der Waals surface area contributed by atoms with Crippen molar-refractivity contribution >= 4 is 11.8 Å². The molecule has 110 valence electrons. The molecule has 1 aliphatic heterocycles. The molecule has 1 aromatic rings. The molecule has 21 heavy (non-hydrogen) atoms. The molecule has 0 bridgehead atoms. The van der Waals surface area contributed by atoms with Crippen molar-refractivity contribution in [2.24, 2.45) is 0 Å². The van der Waals surface area contributed by atoms with Crippen molar-refractivity contribution in [3.05, 3.63) is 34.9 Å². The van der Waals surface area contributed by atoms with E-state index in [0.29, 0.717) is 24.1 Å². The fraction of sp³-hybridized carbons (Fsp3) is 0.375. The molecule has 0 saturated carbocycles. The average molecular weight is 286 g/mol. The van der Waals surface area contributed by atoms with E-state index < -0.39 is 6.04 Å². The molecule has 1 fully saturated rings. The molecule has 2 N–H and O–H groups in total. The van der Waals surface area contributed by atoms with Crippen molar-refractivity contribution in [3.63, 3.8) is 0 Å². The van der Waals surface area contributed by atoms with E-state index in [4.69, 9.17) is 5.11 Å². The minimum Gasteiger partial charge on any atom is -0.384 e. The first kappa shape index (κ1) is 15.1. The molecular formula is C16H18N2O3. The molecule has 1 saturated heterocycles. The topological polar surface area (TPSA) is 69.6 Å². The number of hydrogen-bond acceptors (Lipinski definition) is 3. The summed E-state index contributed by atoms with van der Waals surface area (Å²) in [5, 5.41) is 11.5. The normalized spacial score (nSPS) is 17.4. The third kappa shape index (κ3) is 3.41. The van der Waals surface area contributed by atoms with E-state index in [9.17, 15) is 9.59 Å². The van der Waals surface area contributed by atoms with Crippen LogP contribution in [0.15, 0.2) is 18.2 Å². The number of likely N-dealkylation sites (tertiary alicyclic amines) is 1. The maximum atomic E-state index is 12.3. The Kier molecular flexibility index (Phi) is 4.61. The second-order valence-corrected chi connectivity index (χ2v) is 5.08. The molecule has 1 atom stereocenters. The molecule has 1 aliphatic rings. The molecule has 0 aromatic heterocycles. The summed E-state index contributed by atoms with van der Waals surface area (Å²) in [7, 11) is 1.72. The van der Waals surface area contributed by atoms with Gasteiger partial charge in [-0.25, -0.2) is 0 Å². The lowest BCUT2D eigenvalue weighted by molar-refractivity contribution is -0.128. The number of likely N-dealkylation sites (N-methyl/N-ethyl adjacent to an activating group) is 1. The summed E-state index contributed by atoms with van der Waals surface area (Å²) in [6.07, 6.45) is 0.616. The van der Waals surface area contributed by atoms with Crippen LogP contribution in [0.2, 0.25) is 0 Å². The number of carbonyl (C=O) groups is 2. The highest BCUT2D eigenvalue weighted by Gasteiger charge is 2.30. The minimum atomic E-state index is -0.470. The minimum absolute atomic E-state index is 0.0709. The Labute approximate surface area is 124 Å². The van der Waals surface area contributed by atoms with Crippen molar-refractivity contribution < 1.29 is 14.7 Å². The van der Waals surface area contributed by atoms with Gasteiger partial charge in [-0.2, -0.15) is 0 Å². The van der Waals surface area contributed by atoms with Gasteiger partial charge in [-0.3, -0.25) is 9.59 Å². The third-order valence-electron chi connectivity index (χ3n) is 3.45. The smallest absolute Gasteiger partial charge is 0.253 e. The summed E-state index contributed by atoms with van der Waals surface area (Å²) in [6, 6.07) is 4.83. The van der Waals surface area contributed by atoms with Crippen LogP contribution in [0.3, 0.4) is 0 Å². The van der Waals surface area contributed by atoms with Crippen molar-refractivity contribution in [1.82, 2.24) is 10.2 Å². The lowest BCUT2D eigenvalue weighted by Crippen LogP contribution is -2.40. The Balaban J connectivity index is 2.21. The van der Waals surface area contributed by atoms with Crippen LogP contribution in [0.1, 0.15) is 27.9 Å². The maximum Gasteiger partial charge on any atom is 0.253 e. The Hall–Kier alpha value is -2.32. The number of aliphatic hydroxyl groups is 1. The number of hydrogen-bond donors (Lipinski definition) is 2. The Morgan fingerprint density at radius 1 is 1.52 bits per heavy atom. The van der Waals surface area contributed by atoms with Gasteiger partial charge in [0.05, 0.1) is 5.56 Å². The number of benzene rings is 1. The maximum absolute atomic E-state index is 12.3. The van der Waals surface area contributed by atoms with E-state index in [-0.39, 0.29) is 18.4 Å². The lowest BCUT2D eigenvalue weighted by Gasteiger charge is -2.13.